The fraction of sp³-hybridized carbons (Fsp3) is 0.881. The molecule has 0 saturated carbocycles. The van der Waals surface area contributed by atoms with Crippen LogP contribution in [-0.2, 0) is 62.0 Å². The third-order valence-corrected chi connectivity index (χ3v) is 14.1. The van der Waals surface area contributed by atoms with E-state index in [-0.39, 0.29) is 96.9 Å². The van der Waals surface area contributed by atoms with E-state index in [2.05, 4.69) is 0 Å². The van der Waals surface area contributed by atoms with Crippen molar-refractivity contribution >= 4 is 46.3 Å². The second kappa shape index (κ2) is 69.1. The van der Waals surface area contributed by atoms with Crippen LogP contribution in [0.25, 0.3) is 0 Å². The van der Waals surface area contributed by atoms with Crippen molar-refractivity contribution in [3.05, 3.63) is 0 Å². The highest BCUT2D eigenvalue weighted by atomic mass is 16.5. The molecule has 9 unspecified atom stereocenters. The van der Waals surface area contributed by atoms with E-state index in [1.165, 1.54) is 7.11 Å². The maximum Gasteiger partial charge on any atom is 0.135 e. The Labute approximate surface area is 535 Å². The van der Waals surface area contributed by atoms with Gasteiger partial charge in [-0.25, -0.2) is 0 Å². The molecule has 0 rings (SSSR count). The maximum atomic E-state index is 11.5. The predicted molar refractivity (Wildman–Crippen MR) is 343 cm³/mol. The van der Waals surface area contributed by atoms with Gasteiger partial charge < -0.3 is 69.6 Å². The van der Waals surface area contributed by atoms with Gasteiger partial charge in [0, 0.05) is 151 Å². The molecule has 0 aromatic carbocycles. The van der Waals surface area contributed by atoms with Crippen LogP contribution in [0.1, 0.15) is 259 Å². The van der Waals surface area contributed by atoms with Crippen LogP contribution in [-0.4, -0.2) is 216 Å². The lowest BCUT2D eigenvalue weighted by Crippen LogP contribution is -2.17. The number of hydrogen-bond acceptors (Lipinski definition) is 22. The molecular formula is C67H128O22. The summed E-state index contributed by atoms with van der Waals surface area (Å²) in [6.45, 7) is 11.2. The van der Waals surface area contributed by atoms with Gasteiger partial charge in [0.05, 0.1) is 74.8 Å². The zero-order valence-electron chi connectivity index (χ0n) is 56.8. The van der Waals surface area contributed by atoms with Gasteiger partial charge in [-0.15, -0.1) is 0 Å². The van der Waals surface area contributed by atoms with Crippen molar-refractivity contribution in [2.75, 3.05) is 68.6 Å². The number of hydrogen-bond donors (Lipinski definition) is 9. The Kier molecular flexibility index (Phi) is 73.4. The van der Waals surface area contributed by atoms with Gasteiger partial charge in [0.1, 0.15) is 46.3 Å². The Balaban J connectivity index is -0.000000331. The van der Waals surface area contributed by atoms with E-state index in [0.29, 0.717) is 174 Å². The summed E-state index contributed by atoms with van der Waals surface area (Å²) in [5.41, 5.74) is 0. The third-order valence-electron chi connectivity index (χ3n) is 14.1. The van der Waals surface area contributed by atoms with Gasteiger partial charge in [-0.1, -0.05) is 26.7 Å². The van der Waals surface area contributed by atoms with Crippen molar-refractivity contribution in [1.82, 2.24) is 0 Å². The largest absolute Gasteiger partial charge is 0.393 e. The van der Waals surface area contributed by atoms with Gasteiger partial charge in [-0.2, -0.15) is 0 Å². The Bertz CT molecular complexity index is 1690. The first kappa shape index (κ1) is 94.5. The molecule has 0 spiro atoms. The standard InChI is InChI=1S/C15H26O5.C13H26O5.2C13H26O4.C13H24O4/c1-12(16)5-6-14(18)9-10-15(19)8-7-13(17)4-3-11-20-2;1-10(14)3-4-11(15)5-6-12(16)7-8-13(17)9-18-2;1-11(14)5-3-4-6-12(15)7-8-13(16)9-10-17-2;1-3-11(14)5-4-6-12(15)7-8-13(16)9-10-17-2;1-3-4-11(14)5-6-12(15)7-8-13(16)9-10-17-2/h12,16H,3-11H2,1-2H3;10-11,13-15,17H,3-9H2,1-2H3;11,13-14,16H,3-10H2,1-2H3;11-12,14-15H,3-10H2,1-2H3;11,14H,3-10H2,1-2H3. The van der Waals surface area contributed by atoms with Crippen molar-refractivity contribution in [2.45, 2.75) is 314 Å². The number of ketones is 8. The molecule has 9 atom stereocenters. The molecule has 528 valence electrons. The van der Waals surface area contributed by atoms with Gasteiger partial charge in [0.15, 0.2) is 0 Å². The lowest BCUT2D eigenvalue weighted by molar-refractivity contribution is -0.126. The van der Waals surface area contributed by atoms with Gasteiger partial charge in [0.25, 0.3) is 0 Å². The first-order valence-corrected chi connectivity index (χ1v) is 32.9. The van der Waals surface area contributed by atoms with Crippen LogP contribution in [0.4, 0.5) is 0 Å². The van der Waals surface area contributed by atoms with E-state index >= 15 is 0 Å². The highest BCUT2D eigenvalue weighted by Crippen LogP contribution is 2.14. The summed E-state index contributed by atoms with van der Waals surface area (Å²) >= 11 is 0. The minimum absolute atomic E-state index is 0.00864. The van der Waals surface area contributed by atoms with E-state index in [1.54, 1.807) is 49.2 Å². The molecule has 22 nitrogen and oxygen atoms in total. The highest BCUT2D eigenvalue weighted by molar-refractivity contribution is 5.89. The molecule has 22 heteroatoms. The molecule has 0 amide bonds. The van der Waals surface area contributed by atoms with Crippen molar-refractivity contribution in [3.63, 3.8) is 0 Å². The number of unbranched alkanes of at least 4 members (excludes halogenated alkanes) is 1. The van der Waals surface area contributed by atoms with Gasteiger partial charge >= 0.3 is 0 Å². The summed E-state index contributed by atoms with van der Waals surface area (Å²) in [6, 6.07) is 0. The zero-order valence-corrected chi connectivity index (χ0v) is 56.8. The summed E-state index contributed by atoms with van der Waals surface area (Å²) in [4.78, 5) is 91.3. The molecular weight excluding hydrogens is 1160 g/mol. The van der Waals surface area contributed by atoms with Crippen LogP contribution in [0.5, 0.6) is 0 Å². The van der Waals surface area contributed by atoms with Crippen molar-refractivity contribution in [1.29, 1.82) is 0 Å². The molecule has 0 aliphatic heterocycles. The van der Waals surface area contributed by atoms with Crippen LogP contribution in [0.15, 0.2) is 0 Å². The van der Waals surface area contributed by atoms with Crippen molar-refractivity contribution < 1.29 is 108 Å². The zero-order chi connectivity index (χ0) is 68.6. The van der Waals surface area contributed by atoms with Gasteiger partial charge in [-0.05, 0) is 130 Å². The predicted octanol–water partition coefficient (Wildman–Crippen LogP) is 7.72. The SMILES string of the molecule is CCC(O)CCCC(O)CCC(=O)CCOC.CCCC(O)CCC(=O)CCC(=O)CCOC.COCC(O)CCC(=O)CCC(O)CCC(C)O.COCCC(O)CCC(=O)CCCCC(C)O.COCCCC(=O)CCC(=O)CCC(=O)CCC(C)O. The smallest absolute Gasteiger partial charge is 0.135 e. The molecule has 0 radical (unpaired) electrons. The summed E-state index contributed by atoms with van der Waals surface area (Å²) in [6.07, 6.45) is 13.9. The van der Waals surface area contributed by atoms with E-state index in [9.17, 15) is 69.0 Å². The first-order valence-electron chi connectivity index (χ1n) is 32.9. The first-order chi connectivity index (χ1) is 42.2. The molecule has 0 fully saturated rings. The van der Waals surface area contributed by atoms with Crippen LogP contribution in [0, 0.1) is 0 Å². The number of ether oxygens (including phenoxy) is 5. The van der Waals surface area contributed by atoms with E-state index < -0.39 is 36.6 Å². The van der Waals surface area contributed by atoms with Crippen molar-refractivity contribution in [2.24, 2.45) is 0 Å². The van der Waals surface area contributed by atoms with Crippen LogP contribution >= 0.6 is 0 Å². The molecule has 0 saturated heterocycles. The monoisotopic (exact) mass is 1280 g/mol. The summed E-state index contributed by atoms with van der Waals surface area (Å²) in [5.74, 6) is 0.519. The fourth-order valence-corrected chi connectivity index (χ4v) is 8.12. The lowest BCUT2D eigenvalue weighted by atomic mass is 10.0. The maximum absolute atomic E-state index is 11.5. The average molecular weight is 1290 g/mol. The number of rotatable bonds is 57. The number of carbonyl (C=O) groups excluding carboxylic acids is 8. The molecule has 0 bridgehead atoms. The number of aliphatic hydroxyl groups excluding tert-OH is 9. The average Bonchev–Trinajstić information content (AvgIpc) is 3.50. The topological polar surface area (TPSA) is 365 Å². The highest BCUT2D eigenvalue weighted by Gasteiger charge is 2.15. The minimum atomic E-state index is -0.598. The van der Waals surface area contributed by atoms with Crippen LogP contribution in [0.2, 0.25) is 0 Å². The van der Waals surface area contributed by atoms with E-state index in [1.807, 2.05) is 13.8 Å². The Morgan fingerprint density at radius 2 is 0.584 bits per heavy atom. The molecule has 0 aliphatic rings. The van der Waals surface area contributed by atoms with E-state index in [4.69, 9.17) is 39.0 Å². The molecule has 89 heavy (non-hydrogen) atoms. The quantitative estimate of drug-likeness (QED) is 0.0263. The molecule has 9 N–H and O–H groups in total. The Morgan fingerprint density at radius 1 is 0.258 bits per heavy atom. The number of methoxy groups -OCH3 is 5. The number of Topliss-reactive ketones (excluding diaryl/α,β-unsaturated/α-hetero) is 8. The van der Waals surface area contributed by atoms with Crippen LogP contribution < -0.4 is 0 Å². The molecule has 0 aromatic rings. The van der Waals surface area contributed by atoms with Crippen molar-refractivity contribution in [3.8, 4) is 0 Å². The summed E-state index contributed by atoms with van der Waals surface area (Å²) in [5, 5.41) is 84.0. The second-order valence-corrected chi connectivity index (χ2v) is 23.3. The number of carbonyl (C=O) groups is 8. The normalized spacial score (nSPS) is 14.0. The summed E-state index contributed by atoms with van der Waals surface area (Å²) in [7, 11) is 7.81. The number of aliphatic hydroxyl groups is 9. The molecule has 0 heterocycles. The van der Waals surface area contributed by atoms with Gasteiger partial charge in [0.2, 0.25) is 0 Å². The third kappa shape index (κ3) is 80.8. The Hall–Kier alpha value is -3.20. The fourth-order valence-electron chi connectivity index (χ4n) is 8.12. The van der Waals surface area contributed by atoms with Crippen LogP contribution in [0.3, 0.4) is 0 Å². The Morgan fingerprint density at radius 3 is 1.00 bits per heavy atom. The molecule has 0 aliphatic carbocycles. The second-order valence-electron chi connectivity index (χ2n) is 23.3. The van der Waals surface area contributed by atoms with Gasteiger partial charge in [-0.3, -0.25) is 38.4 Å². The minimum Gasteiger partial charge on any atom is -0.393 e. The van der Waals surface area contributed by atoms with E-state index in [0.717, 1.165) is 51.4 Å². The molecule has 0 aromatic heterocycles. The lowest BCUT2D eigenvalue weighted by Gasteiger charge is -2.12. The summed E-state index contributed by atoms with van der Waals surface area (Å²) < 4.78 is 24.1.